The maximum atomic E-state index is 14.1. The lowest BCUT2D eigenvalue weighted by molar-refractivity contribution is 0.609. The van der Waals surface area contributed by atoms with E-state index in [1.54, 1.807) is 25.1 Å². The Morgan fingerprint density at radius 3 is 2.12 bits per heavy atom. The first-order chi connectivity index (χ1) is 8.00. The van der Waals surface area contributed by atoms with Crippen molar-refractivity contribution >= 4 is 0 Å². The van der Waals surface area contributed by atoms with Crippen LogP contribution in [-0.2, 0) is 0 Å². The van der Waals surface area contributed by atoms with E-state index in [4.69, 9.17) is 0 Å². The number of halogens is 2. The highest BCUT2D eigenvalue weighted by atomic mass is 19.1. The van der Waals surface area contributed by atoms with E-state index >= 15 is 0 Å². The van der Waals surface area contributed by atoms with Crippen molar-refractivity contribution in [1.82, 2.24) is 0 Å². The zero-order valence-corrected chi connectivity index (χ0v) is 10.1. The zero-order chi connectivity index (χ0) is 12.6. The lowest BCUT2D eigenvalue weighted by Crippen LogP contribution is -1.94. The Kier molecular flexibility index (Phi) is 2.97. The van der Waals surface area contributed by atoms with Crippen molar-refractivity contribution < 1.29 is 8.78 Å². The normalized spacial score (nSPS) is 10.6. The SMILES string of the molecule is Cc1ccc(-c2ccc(C)c(C)c2F)c(F)c1. The van der Waals surface area contributed by atoms with Crippen LogP contribution in [0.4, 0.5) is 8.78 Å². The molecule has 2 heteroatoms. The van der Waals surface area contributed by atoms with E-state index in [9.17, 15) is 8.78 Å². The van der Waals surface area contributed by atoms with Crippen molar-refractivity contribution in [3.63, 3.8) is 0 Å². The third-order valence-electron chi connectivity index (χ3n) is 3.07. The first-order valence-electron chi connectivity index (χ1n) is 5.53. The van der Waals surface area contributed by atoms with Crippen LogP contribution in [0.2, 0.25) is 0 Å². The molecule has 2 rings (SSSR count). The summed E-state index contributed by atoms with van der Waals surface area (Å²) in [6, 6.07) is 8.27. The van der Waals surface area contributed by atoms with Crippen LogP contribution in [0.25, 0.3) is 11.1 Å². The average Bonchev–Trinajstić information content (AvgIpc) is 2.28. The summed E-state index contributed by atoms with van der Waals surface area (Å²) in [5.74, 6) is -0.722. The van der Waals surface area contributed by atoms with E-state index in [1.165, 1.54) is 6.07 Å². The van der Waals surface area contributed by atoms with E-state index in [1.807, 2.05) is 19.9 Å². The van der Waals surface area contributed by atoms with Crippen LogP contribution >= 0.6 is 0 Å². The molecule has 0 aliphatic carbocycles. The summed E-state index contributed by atoms with van der Waals surface area (Å²) >= 11 is 0. The molecule has 0 saturated heterocycles. The summed E-state index contributed by atoms with van der Waals surface area (Å²) in [4.78, 5) is 0. The topological polar surface area (TPSA) is 0 Å². The van der Waals surface area contributed by atoms with Crippen molar-refractivity contribution in [2.75, 3.05) is 0 Å². The van der Waals surface area contributed by atoms with E-state index in [0.717, 1.165) is 11.1 Å². The van der Waals surface area contributed by atoms with E-state index in [-0.39, 0.29) is 11.6 Å². The fraction of sp³-hybridized carbons (Fsp3) is 0.200. The monoisotopic (exact) mass is 232 g/mol. The van der Waals surface area contributed by atoms with Gasteiger partial charge in [-0.25, -0.2) is 8.78 Å². The van der Waals surface area contributed by atoms with Crippen molar-refractivity contribution in [2.24, 2.45) is 0 Å². The van der Waals surface area contributed by atoms with Crippen LogP contribution < -0.4 is 0 Å². The molecule has 0 nitrogen and oxygen atoms in total. The Labute approximate surface area is 99.9 Å². The molecule has 0 spiro atoms. The van der Waals surface area contributed by atoms with Crippen LogP contribution in [0.1, 0.15) is 16.7 Å². The maximum Gasteiger partial charge on any atom is 0.134 e. The lowest BCUT2D eigenvalue weighted by Gasteiger charge is -2.09. The molecule has 0 saturated carbocycles. The Bertz CT molecular complexity index is 571. The van der Waals surface area contributed by atoms with Gasteiger partial charge in [-0.3, -0.25) is 0 Å². The van der Waals surface area contributed by atoms with Gasteiger partial charge in [0.15, 0.2) is 0 Å². The molecule has 0 unspecified atom stereocenters. The first-order valence-corrected chi connectivity index (χ1v) is 5.53. The molecule has 0 aromatic heterocycles. The van der Waals surface area contributed by atoms with E-state index < -0.39 is 0 Å². The zero-order valence-electron chi connectivity index (χ0n) is 10.1. The van der Waals surface area contributed by atoms with Gasteiger partial charge >= 0.3 is 0 Å². The van der Waals surface area contributed by atoms with Gasteiger partial charge in [0.05, 0.1) is 0 Å². The predicted molar refractivity (Wildman–Crippen MR) is 66.0 cm³/mol. The Morgan fingerprint density at radius 2 is 1.47 bits per heavy atom. The molecule has 0 amide bonds. The van der Waals surface area contributed by atoms with Crippen molar-refractivity contribution in [3.05, 3.63) is 58.7 Å². The number of hydrogen-bond acceptors (Lipinski definition) is 0. The second kappa shape index (κ2) is 4.28. The van der Waals surface area contributed by atoms with Gasteiger partial charge in [-0.1, -0.05) is 24.3 Å². The van der Waals surface area contributed by atoms with Gasteiger partial charge in [-0.2, -0.15) is 0 Å². The molecule has 0 aliphatic heterocycles. The smallest absolute Gasteiger partial charge is 0.134 e. The largest absolute Gasteiger partial charge is 0.206 e. The molecule has 0 fully saturated rings. The lowest BCUT2D eigenvalue weighted by atomic mass is 9.98. The first kappa shape index (κ1) is 11.8. The molecule has 0 aliphatic rings. The van der Waals surface area contributed by atoms with Crippen LogP contribution in [0.15, 0.2) is 30.3 Å². The van der Waals surface area contributed by atoms with Crippen molar-refractivity contribution in [2.45, 2.75) is 20.8 Å². The van der Waals surface area contributed by atoms with Gasteiger partial charge in [-0.05, 0) is 43.5 Å². The summed E-state index contributed by atoms with van der Waals surface area (Å²) in [7, 11) is 0. The van der Waals surface area contributed by atoms with Crippen molar-refractivity contribution in [1.29, 1.82) is 0 Å². The third kappa shape index (κ3) is 2.07. The Hall–Kier alpha value is -1.70. The summed E-state index contributed by atoms with van der Waals surface area (Å²) < 4.78 is 27.8. The number of rotatable bonds is 1. The average molecular weight is 232 g/mol. The van der Waals surface area contributed by atoms with Gasteiger partial charge in [0, 0.05) is 11.1 Å². The molecule has 2 aromatic carbocycles. The highest BCUT2D eigenvalue weighted by Crippen LogP contribution is 2.29. The molecule has 0 radical (unpaired) electrons. The third-order valence-corrected chi connectivity index (χ3v) is 3.07. The second-order valence-corrected chi connectivity index (χ2v) is 4.35. The van der Waals surface area contributed by atoms with E-state index in [0.29, 0.717) is 16.7 Å². The highest BCUT2D eigenvalue weighted by molar-refractivity contribution is 5.66. The van der Waals surface area contributed by atoms with Crippen LogP contribution in [0.3, 0.4) is 0 Å². The number of hydrogen-bond donors (Lipinski definition) is 0. The van der Waals surface area contributed by atoms with Gasteiger partial charge in [0.25, 0.3) is 0 Å². The molecule has 0 atom stereocenters. The van der Waals surface area contributed by atoms with Crippen LogP contribution in [-0.4, -0.2) is 0 Å². The predicted octanol–water partition coefficient (Wildman–Crippen LogP) is 4.56. The molecule has 88 valence electrons. The van der Waals surface area contributed by atoms with Crippen molar-refractivity contribution in [3.8, 4) is 11.1 Å². The quantitative estimate of drug-likeness (QED) is 0.676. The number of aryl methyl sites for hydroxylation is 2. The summed E-state index contributed by atoms with van der Waals surface area (Å²) in [6.07, 6.45) is 0. The minimum atomic E-state index is -0.382. The van der Waals surface area contributed by atoms with Crippen LogP contribution in [0.5, 0.6) is 0 Å². The molecule has 2 aromatic rings. The fourth-order valence-electron chi connectivity index (χ4n) is 1.83. The van der Waals surface area contributed by atoms with Crippen LogP contribution in [0, 0.1) is 32.4 Å². The fourth-order valence-corrected chi connectivity index (χ4v) is 1.83. The van der Waals surface area contributed by atoms with E-state index in [2.05, 4.69) is 0 Å². The van der Waals surface area contributed by atoms with Gasteiger partial charge in [0.1, 0.15) is 11.6 Å². The second-order valence-electron chi connectivity index (χ2n) is 4.35. The molecular formula is C15H14F2. The van der Waals surface area contributed by atoms with Gasteiger partial charge < -0.3 is 0 Å². The molecule has 0 bridgehead atoms. The highest BCUT2D eigenvalue weighted by Gasteiger charge is 2.12. The van der Waals surface area contributed by atoms with Gasteiger partial charge in [0.2, 0.25) is 0 Å². The molecule has 17 heavy (non-hydrogen) atoms. The number of benzene rings is 2. The molecule has 0 N–H and O–H groups in total. The molecule has 0 heterocycles. The summed E-state index contributed by atoms with van der Waals surface area (Å²) in [5.41, 5.74) is 2.92. The molecular weight excluding hydrogens is 218 g/mol. The standard InChI is InChI=1S/C15H14F2/c1-9-4-6-12(14(16)8-9)13-7-5-10(2)11(3)15(13)17/h4-8H,1-3H3. The summed E-state index contributed by atoms with van der Waals surface area (Å²) in [6.45, 7) is 5.36. The Balaban J connectivity index is 2.65. The summed E-state index contributed by atoms with van der Waals surface area (Å²) in [5, 5.41) is 0. The minimum Gasteiger partial charge on any atom is -0.206 e. The van der Waals surface area contributed by atoms with Gasteiger partial charge in [-0.15, -0.1) is 0 Å². The minimum absolute atomic E-state index is 0.316. The maximum absolute atomic E-state index is 14.1. The Morgan fingerprint density at radius 1 is 0.824 bits per heavy atom.